The highest BCUT2D eigenvalue weighted by molar-refractivity contribution is 6.28. The quantitative estimate of drug-likeness (QED) is 0.493. The van der Waals surface area contributed by atoms with Gasteiger partial charge in [0.1, 0.15) is 24.3 Å². The fraction of sp³-hybridized carbons (Fsp3) is 0.526. The highest BCUT2D eigenvalue weighted by Gasteiger charge is 2.62. The van der Waals surface area contributed by atoms with Crippen molar-refractivity contribution in [1.82, 2.24) is 14.5 Å². The lowest BCUT2D eigenvalue weighted by atomic mass is 9.44. The number of halogens is 1. The Hall–Kier alpha value is -2.30. The average Bonchev–Trinajstić information content (AvgIpc) is 3.14. The second-order valence-electron chi connectivity index (χ2n) is 7.92. The standard InChI is InChI=1S/C19H19ClN4O3/c1-2-19(10-26-16(25)18-7-11(8-18)9-18)5-3-13(27-19)24-6-4-12-14(21)22-17(20)23-15(12)24/h1,4,6,11,13H,3,5,7-10H2,(H2,21,22,23)/t11?,13-,18?,19+/m1/s1. The van der Waals surface area contributed by atoms with E-state index in [-0.39, 0.29) is 29.5 Å². The maximum atomic E-state index is 12.4. The van der Waals surface area contributed by atoms with Crippen LogP contribution in [0.4, 0.5) is 5.82 Å². The van der Waals surface area contributed by atoms with E-state index in [4.69, 9.17) is 33.2 Å². The van der Waals surface area contributed by atoms with E-state index in [1.807, 2.05) is 16.8 Å². The zero-order valence-electron chi connectivity index (χ0n) is 14.7. The topological polar surface area (TPSA) is 92.3 Å². The van der Waals surface area contributed by atoms with Crippen molar-refractivity contribution < 1.29 is 14.3 Å². The summed E-state index contributed by atoms with van der Waals surface area (Å²) >= 11 is 5.95. The summed E-state index contributed by atoms with van der Waals surface area (Å²) in [6.45, 7) is 0.0718. The van der Waals surface area contributed by atoms with Gasteiger partial charge in [-0.1, -0.05) is 5.92 Å². The van der Waals surface area contributed by atoms with Crippen LogP contribution in [0, 0.1) is 23.7 Å². The molecular weight excluding hydrogens is 368 g/mol. The third-order valence-electron chi connectivity index (χ3n) is 6.21. The Morgan fingerprint density at radius 3 is 2.93 bits per heavy atom. The summed E-state index contributed by atoms with van der Waals surface area (Å²) in [5.41, 5.74) is 5.34. The molecule has 27 heavy (non-hydrogen) atoms. The smallest absolute Gasteiger partial charge is 0.312 e. The van der Waals surface area contributed by atoms with Crippen molar-refractivity contribution in [2.45, 2.75) is 43.9 Å². The van der Waals surface area contributed by atoms with Gasteiger partial charge in [-0.2, -0.15) is 4.98 Å². The van der Waals surface area contributed by atoms with E-state index in [0.717, 1.165) is 25.2 Å². The molecule has 4 fully saturated rings. The van der Waals surface area contributed by atoms with Crippen LogP contribution in [0.1, 0.15) is 38.3 Å². The molecule has 3 saturated carbocycles. The summed E-state index contributed by atoms with van der Waals surface area (Å²) in [7, 11) is 0. The zero-order valence-corrected chi connectivity index (χ0v) is 15.4. The number of anilines is 1. The normalized spacial score (nSPS) is 33.9. The van der Waals surface area contributed by atoms with Crippen LogP contribution in [0.15, 0.2) is 12.3 Å². The van der Waals surface area contributed by atoms with Crippen molar-refractivity contribution in [3.8, 4) is 12.3 Å². The van der Waals surface area contributed by atoms with Crippen molar-refractivity contribution in [3.63, 3.8) is 0 Å². The molecule has 0 radical (unpaired) electrons. The van der Waals surface area contributed by atoms with E-state index in [1.54, 1.807) is 0 Å². The molecule has 2 aromatic heterocycles. The van der Waals surface area contributed by atoms with Gasteiger partial charge < -0.3 is 19.8 Å². The summed E-state index contributed by atoms with van der Waals surface area (Å²) in [5, 5.41) is 0.782. The SMILES string of the molecule is C#C[C@@]1(COC(=O)C23CC(C2)C3)CC[C@H](n2ccc3c(N)nc(Cl)nc32)O1. The van der Waals surface area contributed by atoms with E-state index >= 15 is 0 Å². The molecular formula is C19H19ClN4O3. The molecule has 7 nitrogen and oxygen atoms in total. The predicted molar refractivity (Wildman–Crippen MR) is 98.6 cm³/mol. The van der Waals surface area contributed by atoms with Gasteiger partial charge in [-0.3, -0.25) is 4.79 Å². The Morgan fingerprint density at radius 2 is 2.26 bits per heavy atom. The molecule has 3 aliphatic carbocycles. The van der Waals surface area contributed by atoms with Crippen LogP contribution in [0.3, 0.4) is 0 Å². The number of carbonyl (C=O) groups is 1. The van der Waals surface area contributed by atoms with Gasteiger partial charge in [0.25, 0.3) is 0 Å². The van der Waals surface area contributed by atoms with Crippen LogP contribution in [-0.4, -0.2) is 32.7 Å². The van der Waals surface area contributed by atoms with Gasteiger partial charge in [0.15, 0.2) is 5.60 Å². The molecule has 6 rings (SSSR count). The van der Waals surface area contributed by atoms with Crippen LogP contribution < -0.4 is 5.73 Å². The Bertz CT molecular complexity index is 980. The van der Waals surface area contributed by atoms with E-state index < -0.39 is 5.60 Å². The number of ether oxygens (including phenoxy) is 2. The fourth-order valence-corrected chi connectivity index (χ4v) is 4.68. The number of carbonyl (C=O) groups excluding carboxylic acids is 1. The van der Waals surface area contributed by atoms with Gasteiger partial charge in [0, 0.05) is 6.20 Å². The number of aromatic nitrogens is 3. The van der Waals surface area contributed by atoms with E-state index in [2.05, 4.69) is 15.9 Å². The molecule has 2 atom stereocenters. The summed E-state index contributed by atoms with van der Waals surface area (Å²) in [4.78, 5) is 20.6. The molecule has 2 aromatic rings. The summed E-state index contributed by atoms with van der Waals surface area (Å²) < 4.78 is 13.6. The number of hydrogen-bond donors (Lipinski definition) is 1. The molecule has 1 aliphatic heterocycles. The first-order valence-electron chi connectivity index (χ1n) is 9.06. The van der Waals surface area contributed by atoms with Gasteiger partial charge in [-0.05, 0) is 55.7 Å². The van der Waals surface area contributed by atoms with Crippen molar-refractivity contribution in [3.05, 3.63) is 17.5 Å². The van der Waals surface area contributed by atoms with Gasteiger partial charge in [-0.25, -0.2) is 4.98 Å². The van der Waals surface area contributed by atoms with E-state index in [1.165, 1.54) is 0 Å². The molecule has 8 heteroatoms. The predicted octanol–water partition coefficient (Wildman–Crippen LogP) is 2.69. The van der Waals surface area contributed by atoms with Crippen molar-refractivity contribution in [1.29, 1.82) is 0 Å². The minimum atomic E-state index is -0.928. The largest absolute Gasteiger partial charge is 0.461 e. The number of rotatable bonds is 4. The number of esters is 1. The summed E-state index contributed by atoms with van der Waals surface area (Å²) in [5.74, 6) is 3.60. The number of terminal acetylenes is 1. The first-order chi connectivity index (χ1) is 12.9. The highest BCUT2D eigenvalue weighted by atomic mass is 35.5. The van der Waals surface area contributed by atoms with Crippen LogP contribution in [0.25, 0.3) is 11.0 Å². The van der Waals surface area contributed by atoms with Crippen molar-refractivity contribution >= 4 is 34.4 Å². The first-order valence-corrected chi connectivity index (χ1v) is 9.44. The molecule has 0 spiro atoms. The minimum Gasteiger partial charge on any atom is -0.461 e. The van der Waals surface area contributed by atoms with Crippen LogP contribution in [0.5, 0.6) is 0 Å². The Kier molecular flexibility index (Phi) is 3.49. The van der Waals surface area contributed by atoms with Gasteiger partial charge in [0.2, 0.25) is 5.28 Å². The van der Waals surface area contributed by atoms with Gasteiger partial charge >= 0.3 is 5.97 Å². The molecule has 4 aliphatic rings. The molecule has 140 valence electrons. The maximum Gasteiger partial charge on any atom is 0.312 e. The monoisotopic (exact) mass is 386 g/mol. The number of hydrogen-bond acceptors (Lipinski definition) is 6. The number of fused-ring (bicyclic) bond motifs is 1. The molecule has 2 N–H and O–H groups in total. The van der Waals surface area contributed by atoms with Crippen LogP contribution >= 0.6 is 11.6 Å². The van der Waals surface area contributed by atoms with Crippen LogP contribution in [0.2, 0.25) is 5.28 Å². The lowest BCUT2D eigenvalue weighted by Crippen LogP contribution is -2.57. The van der Waals surface area contributed by atoms with Gasteiger partial charge in [0.05, 0.1) is 10.8 Å². The Morgan fingerprint density at radius 1 is 1.48 bits per heavy atom. The highest BCUT2D eigenvalue weighted by Crippen LogP contribution is 2.65. The fourth-order valence-electron chi connectivity index (χ4n) is 4.51. The third-order valence-corrected chi connectivity index (χ3v) is 6.38. The molecule has 0 aromatic carbocycles. The van der Waals surface area contributed by atoms with Crippen molar-refractivity contribution in [2.75, 3.05) is 12.3 Å². The number of nitrogens with two attached hydrogens (primary N) is 1. The van der Waals surface area contributed by atoms with Crippen LogP contribution in [-0.2, 0) is 14.3 Å². The number of nitrogen functional groups attached to an aromatic ring is 1. The molecule has 3 heterocycles. The lowest BCUT2D eigenvalue weighted by molar-refractivity contribution is -0.197. The second kappa shape index (κ2) is 5.60. The lowest BCUT2D eigenvalue weighted by Gasteiger charge is -2.59. The Labute approximate surface area is 161 Å². The molecule has 0 amide bonds. The molecule has 2 bridgehead atoms. The third kappa shape index (κ3) is 2.43. The van der Waals surface area contributed by atoms with Gasteiger partial charge in [-0.15, -0.1) is 6.42 Å². The molecule has 0 unspecified atom stereocenters. The summed E-state index contributed by atoms with van der Waals surface area (Å²) in [6, 6.07) is 1.82. The number of nitrogens with zero attached hydrogens (tertiary/aromatic N) is 3. The summed E-state index contributed by atoms with van der Waals surface area (Å²) in [6.07, 6.45) is 11.4. The minimum absolute atomic E-state index is 0.0718. The van der Waals surface area contributed by atoms with Crippen molar-refractivity contribution in [2.24, 2.45) is 11.3 Å². The Balaban J connectivity index is 1.33. The van der Waals surface area contributed by atoms with E-state index in [0.29, 0.717) is 29.7 Å². The molecule has 1 saturated heterocycles. The first kappa shape index (κ1) is 16.8. The maximum absolute atomic E-state index is 12.4. The average molecular weight is 387 g/mol. The zero-order chi connectivity index (χ0) is 18.8. The van der Waals surface area contributed by atoms with E-state index in [9.17, 15) is 4.79 Å². The second-order valence-corrected chi connectivity index (χ2v) is 8.26.